The number of aromatic nitrogens is 6. The molecule has 3 aromatic heterocycles. The monoisotopic (exact) mass is 378 g/mol. The van der Waals surface area contributed by atoms with Crippen molar-refractivity contribution < 1.29 is 14.1 Å². The van der Waals surface area contributed by atoms with Crippen LogP contribution >= 0.6 is 0 Å². The maximum Gasteiger partial charge on any atom is 0.378 e. The van der Waals surface area contributed by atoms with Crippen molar-refractivity contribution in [3.05, 3.63) is 59.0 Å². The Morgan fingerprint density at radius 2 is 1.93 bits per heavy atom. The molecule has 1 aromatic carbocycles. The molecule has 3 heterocycles. The van der Waals surface area contributed by atoms with Crippen molar-refractivity contribution in [1.29, 1.82) is 0 Å². The van der Waals surface area contributed by atoms with Gasteiger partial charge in [0.2, 0.25) is 5.82 Å². The first-order chi connectivity index (χ1) is 13.5. The highest BCUT2D eigenvalue weighted by Crippen LogP contribution is 2.17. The second-order valence-corrected chi connectivity index (χ2v) is 6.32. The van der Waals surface area contributed by atoms with E-state index >= 15 is 0 Å². The van der Waals surface area contributed by atoms with Crippen LogP contribution < -0.4 is 0 Å². The van der Waals surface area contributed by atoms with E-state index < -0.39 is 5.97 Å². The zero-order valence-corrected chi connectivity index (χ0v) is 15.7. The number of rotatable bonds is 5. The summed E-state index contributed by atoms with van der Waals surface area (Å²) >= 11 is 0. The second kappa shape index (κ2) is 7.18. The van der Waals surface area contributed by atoms with E-state index in [1.807, 2.05) is 44.2 Å². The Bertz CT molecular complexity index is 1150. The van der Waals surface area contributed by atoms with Gasteiger partial charge in [-0.3, -0.25) is 0 Å². The van der Waals surface area contributed by atoms with Crippen LogP contribution in [0.4, 0.5) is 0 Å². The number of fused-ring (bicyclic) bond motifs is 1. The molecule has 28 heavy (non-hydrogen) atoms. The van der Waals surface area contributed by atoms with Crippen molar-refractivity contribution in [3.8, 4) is 11.4 Å². The summed E-state index contributed by atoms with van der Waals surface area (Å²) in [5, 5.41) is 8.06. The number of esters is 1. The summed E-state index contributed by atoms with van der Waals surface area (Å²) in [7, 11) is 0. The van der Waals surface area contributed by atoms with Crippen molar-refractivity contribution >= 4 is 11.7 Å². The first kappa shape index (κ1) is 17.8. The third-order valence-corrected chi connectivity index (χ3v) is 4.22. The van der Waals surface area contributed by atoms with Gasteiger partial charge in [-0.05, 0) is 31.9 Å². The third kappa shape index (κ3) is 3.46. The fourth-order valence-electron chi connectivity index (χ4n) is 2.76. The van der Waals surface area contributed by atoms with Crippen LogP contribution in [-0.4, -0.2) is 35.7 Å². The topological polar surface area (TPSA) is 108 Å². The Balaban J connectivity index is 1.45. The molecule has 0 aliphatic heterocycles. The van der Waals surface area contributed by atoms with Gasteiger partial charge in [0.15, 0.2) is 6.61 Å². The number of carbonyl (C=O) groups excluding carboxylic acids is 1. The lowest BCUT2D eigenvalue weighted by Gasteiger charge is -1.98. The van der Waals surface area contributed by atoms with Crippen LogP contribution in [0.15, 0.2) is 34.9 Å². The molecular weight excluding hydrogens is 360 g/mol. The normalized spacial score (nSPS) is 11.1. The first-order valence-corrected chi connectivity index (χ1v) is 8.83. The minimum Gasteiger partial charge on any atom is -0.450 e. The minimum atomic E-state index is -0.686. The number of hydrogen-bond acceptors (Lipinski definition) is 8. The van der Waals surface area contributed by atoms with Gasteiger partial charge < -0.3 is 9.26 Å². The summed E-state index contributed by atoms with van der Waals surface area (Å²) in [6.07, 6.45) is 0.958. The Morgan fingerprint density at radius 3 is 2.68 bits per heavy atom. The fourth-order valence-corrected chi connectivity index (χ4v) is 2.76. The molecule has 4 aromatic rings. The molecule has 9 nitrogen and oxygen atoms in total. The van der Waals surface area contributed by atoms with E-state index in [4.69, 9.17) is 9.26 Å². The van der Waals surface area contributed by atoms with Gasteiger partial charge in [0.05, 0.1) is 0 Å². The van der Waals surface area contributed by atoms with Gasteiger partial charge in [-0.15, -0.1) is 5.10 Å². The molecule has 0 N–H and O–H groups in total. The quantitative estimate of drug-likeness (QED) is 0.488. The summed E-state index contributed by atoms with van der Waals surface area (Å²) in [6.45, 7) is 5.63. The van der Waals surface area contributed by atoms with Gasteiger partial charge in [0, 0.05) is 17.0 Å². The lowest BCUT2D eigenvalue weighted by atomic mass is 10.1. The Kier molecular flexibility index (Phi) is 4.56. The molecule has 0 spiro atoms. The third-order valence-electron chi connectivity index (χ3n) is 4.22. The summed E-state index contributed by atoms with van der Waals surface area (Å²) in [5.74, 6) is 0.220. The lowest BCUT2D eigenvalue weighted by molar-refractivity contribution is 0.0415. The van der Waals surface area contributed by atoms with Gasteiger partial charge >= 0.3 is 5.97 Å². The van der Waals surface area contributed by atoms with Crippen LogP contribution in [0.25, 0.3) is 17.2 Å². The molecule has 0 saturated heterocycles. The molecule has 142 valence electrons. The smallest absolute Gasteiger partial charge is 0.378 e. The molecular formula is C19H18N6O3. The fraction of sp³-hybridized carbons (Fsp3) is 0.263. The predicted octanol–water partition coefficient (Wildman–Crippen LogP) is 2.71. The van der Waals surface area contributed by atoms with Crippen molar-refractivity contribution in [2.45, 2.75) is 33.8 Å². The van der Waals surface area contributed by atoms with Crippen LogP contribution in [0.2, 0.25) is 0 Å². The standard InChI is InChI=1S/C19H18N6O3/c1-4-13-5-7-14(8-6-13)16-21-15(28-24-16)10-27-18(26)17-22-19-20-11(2)9-12(3)25(19)23-17/h5-9H,4,10H2,1-3H3. The lowest BCUT2D eigenvalue weighted by Crippen LogP contribution is -2.08. The maximum atomic E-state index is 12.3. The average molecular weight is 378 g/mol. The van der Waals surface area contributed by atoms with E-state index in [0.29, 0.717) is 11.6 Å². The minimum absolute atomic E-state index is 0.0731. The van der Waals surface area contributed by atoms with Gasteiger partial charge in [-0.1, -0.05) is 36.3 Å². The molecule has 0 aliphatic rings. The number of aryl methyl sites for hydroxylation is 3. The van der Waals surface area contributed by atoms with Crippen LogP contribution in [0, 0.1) is 13.8 Å². The van der Waals surface area contributed by atoms with E-state index in [1.54, 1.807) is 0 Å². The van der Waals surface area contributed by atoms with E-state index in [2.05, 4.69) is 32.1 Å². The van der Waals surface area contributed by atoms with Crippen LogP contribution in [0.1, 0.15) is 40.4 Å². The van der Waals surface area contributed by atoms with Crippen LogP contribution in [0.5, 0.6) is 0 Å². The number of ether oxygens (including phenoxy) is 1. The highest BCUT2D eigenvalue weighted by Gasteiger charge is 2.18. The van der Waals surface area contributed by atoms with Gasteiger partial charge in [0.25, 0.3) is 17.5 Å². The summed E-state index contributed by atoms with van der Waals surface area (Å²) in [5.41, 5.74) is 3.67. The average Bonchev–Trinajstić information content (AvgIpc) is 3.33. The van der Waals surface area contributed by atoms with Crippen molar-refractivity contribution in [1.82, 2.24) is 29.7 Å². The van der Waals surface area contributed by atoms with E-state index in [1.165, 1.54) is 10.1 Å². The second-order valence-electron chi connectivity index (χ2n) is 6.32. The zero-order valence-electron chi connectivity index (χ0n) is 15.7. The van der Waals surface area contributed by atoms with Gasteiger partial charge in [-0.2, -0.15) is 9.97 Å². The van der Waals surface area contributed by atoms with E-state index in [9.17, 15) is 4.79 Å². The van der Waals surface area contributed by atoms with Crippen molar-refractivity contribution in [2.24, 2.45) is 0 Å². The molecule has 0 bridgehead atoms. The predicted molar refractivity (Wildman–Crippen MR) is 98.5 cm³/mol. The first-order valence-electron chi connectivity index (χ1n) is 8.83. The molecule has 9 heteroatoms. The van der Waals surface area contributed by atoms with Gasteiger partial charge in [-0.25, -0.2) is 14.3 Å². The van der Waals surface area contributed by atoms with E-state index in [0.717, 1.165) is 23.4 Å². The van der Waals surface area contributed by atoms with Gasteiger partial charge in [0.1, 0.15) is 0 Å². The number of benzene rings is 1. The molecule has 0 atom stereocenters. The van der Waals surface area contributed by atoms with Crippen LogP contribution in [-0.2, 0) is 17.8 Å². The van der Waals surface area contributed by atoms with Crippen molar-refractivity contribution in [3.63, 3.8) is 0 Å². The molecule has 0 aliphatic carbocycles. The highest BCUT2D eigenvalue weighted by molar-refractivity contribution is 5.85. The Labute approximate surface area is 160 Å². The summed E-state index contributed by atoms with van der Waals surface area (Å²) in [4.78, 5) is 24.9. The largest absolute Gasteiger partial charge is 0.450 e. The summed E-state index contributed by atoms with van der Waals surface area (Å²) < 4.78 is 11.9. The molecule has 0 radical (unpaired) electrons. The summed E-state index contributed by atoms with van der Waals surface area (Å²) in [6, 6.07) is 9.73. The van der Waals surface area contributed by atoms with E-state index in [-0.39, 0.29) is 18.3 Å². The maximum absolute atomic E-state index is 12.3. The Morgan fingerprint density at radius 1 is 1.14 bits per heavy atom. The van der Waals surface area contributed by atoms with Crippen molar-refractivity contribution in [2.75, 3.05) is 0 Å². The SMILES string of the molecule is CCc1ccc(-c2noc(COC(=O)c3nc4nc(C)cc(C)n4n3)n2)cc1. The number of hydrogen-bond donors (Lipinski definition) is 0. The molecule has 0 fully saturated rings. The molecule has 4 rings (SSSR count). The zero-order chi connectivity index (χ0) is 19.7. The molecule has 0 amide bonds. The molecule has 0 unspecified atom stereocenters. The number of nitrogens with zero attached hydrogens (tertiary/aromatic N) is 6. The van der Waals surface area contributed by atoms with Crippen LogP contribution in [0.3, 0.4) is 0 Å². The number of carbonyl (C=O) groups is 1. The Hall–Kier alpha value is -3.62. The molecule has 0 saturated carbocycles. The highest BCUT2D eigenvalue weighted by atomic mass is 16.6.